The minimum absolute atomic E-state index is 0.0696. The fourth-order valence-corrected chi connectivity index (χ4v) is 2.80. The Kier molecular flexibility index (Phi) is 4.99. The van der Waals surface area contributed by atoms with E-state index < -0.39 is 0 Å². The van der Waals surface area contributed by atoms with Crippen LogP contribution < -0.4 is 10.6 Å². The molecule has 0 aromatic carbocycles. The first-order valence-corrected chi connectivity index (χ1v) is 7.61. The van der Waals surface area contributed by atoms with Gasteiger partial charge in [0, 0.05) is 13.1 Å². The van der Waals surface area contributed by atoms with Crippen LogP contribution in [-0.4, -0.2) is 24.0 Å². The second-order valence-electron chi connectivity index (χ2n) is 6.02. The monoisotopic (exact) mass is 275 g/mol. The lowest BCUT2D eigenvalue weighted by atomic mass is 9.76. The molecule has 0 unspecified atom stereocenters. The predicted octanol–water partition coefficient (Wildman–Crippen LogP) is 3.21. The topological polar surface area (TPSA) is 54.0 Å². The average Bonchev–Trinajstić information content (AvgIpc) is 2.47. The summed E-state index contributed by atoms with van der Waals surface area (Å²) in [6.45, 7) is 5.91. The van der Waals surface area contributed by atoms with Crippen molar-refractivity contribution in [3.63, 3.8) is 0 Å². The number of aromatic nitrogens is 1. The van der Waals surface area contributed by atoms with Gasteiger partial charge in [0.15, 0.2) is 0 Å². The third-order valence-electron chi connectivity index (χ3n) is 4.11. The van der Waals surface area contributed by atoms with Gasteiger partial charge in [-0.25, -0.2) is 4.98 Å². The minimum Gasteiger partial charge on any atom is -0.384 e. The van der Waals surface area contributed by atoms with E-state index in [2.05, 4.69) is 22.5 Å². The molecule has 1 amide bonds. The lowest BCUT2D eigenvalue weighted by Gasteiger charge is -2.33. The maximum atomic E-state index is 12.1. The molecule has 0 atom stereocenters. The largest absolute Gasteiger partial charge is 0.384 e. The number of amides is 1. The summed E-state index contributed by atoms with van der Waals surface area (Å²) in [5, 5.41) is 6.21. The summed E-state index contributed by atoms with van der Waals surface area (Å²) in [6, 6.07) is 3.67. The lowest BCUT2D eigenvalue weighted by Crippen LogP contribution is -2.37. The van der Waals surface area contributed by atoms with Crippen LogP contribution in [0, 0.1) is 5.41 Å². The van der Waals surface area contributed by atoms with Gasteiger partial charge < -0.3 is 10.6 Å². The number of nitrogens with zero attached hydrogens (tertiary/aromatic N) is 1. The van der Waals surface area contributed by atoms with Crippen molar-refractivity contribution in [2.45, 2.75) is 46.0 Å². The number of pyridine rings is 1. The number of nitrogens with one attached hydrogen (secondary N) is 2. The van der Waals surface area contributed by atoms with Gasteiger partial charge in [0.25, 0.3) is 5.91 Å². The fraction of sp³-hybridized carbons (Fsp3) is 0.625. The normalized spacial score (nSPS) is 17.5. The van der Waals surface area contributed by atoms with Crippen LogP contribution >= 0.6 is 0 Å². The molecule has 0 saturated heterocycles. The lowest BCUT2D eigenvalue weighted by molar-refractivity contribution is 0.0914. The first-order valence-electron chi connectivity index (χ1n) is 7.61. The molecule has 1 aromatic heterocycles. The molecule has 1 aliphatic carbocycles. The second-order valence-corrected chi connectivity index (χ2v) is 6.02. The first-order chi connectivity index (χ1) is 9.63. The standard InChI is InChI=1S/C16H25N3O/c1-3-17-13-7-8-14(18-11-13)15(20)19-12-16(2)9-5-4-6-10-16/h7-8,11,17H,3-6,9-10,12H2,1-2H3,(H,19,20). The first kappa shape index (κ1) is 14.8. The van der Waals surface area contributed by atoms with Crippen molar-refractivity contribution < 1.29 is 4.79 Å². The number of rotatable bonds is 5. The van der Waals surface area contributed by atoms with Gasteiger partial charge in [0.2, 0.25) is 0 Å². The van der Waals surface area contributed by atoms with E-state index in [-0.39, 0.29) is 11.3 Å². The molecule has 1 heterocycles. The maximum Gasteiger partial charge on any atom is 0.269 e. The summed E-state index contributed by atoms with van der Waals surface area (Å²) >= 11 is 0. The van der Waals surface area contributed by atoms with Gasteiger partial charge in [-0.2, -0.15) is 0 Å². The van der Waals surface area contributed by atoms with Gasteiger partial charge >= 0.3 is 0 Å². The molecule has 2 rings (SSSR count). The van der Waals surface area contributed by atoms with Crippen molar-refractivity contribution >= 4 is 11.6 Å². The molecule has 4 nitrogen and oxygen atoms in total. The number of hydrogen-bond acceptors (Lipinski definition) is 3. The minimum atomic E-state index is -0.0696. The third kappa shape index (κ3) is 3.95. The Hall–Kier alpha value is -1.58. The van der Waals surface area contributed by atoms with Crippen LogP contribution in [0.2, 0.25) is 0 Å². The second kappa shape index (κ2) is 6.73. The van der Waals surface area contributed by atoms with E-state index in [1.54, 1.807) is 12.3 Å². The summed E-state index contributed by atoms with van der Waals surface area (Å²) in [5.41, 5.74) is 1.70. The highest BCUT2D eigenvalue weighted by molar-refractivity contribution is 5.92. The average molecular weight is 275 g/mol. The molecule has 1 aromatic rings. The maximum absolute atomic E-state index is 12.1. The highest BCUT2D eigenvalue weighted by Crippen LogP contribution is 2.34. The molecule has 1 fully saturated rings. The van der Waals surface area contributed by atoms with Crippen LogP contribution in [0.1, 0.15) is 56.4 Å². The van der Waals surface area contributed by atoms with Gasteiger partial charge in [-0.3, -0.25) is 4.79 Å². The smallest absolute Gasteiger partial charge is 0.269 e. The van der Waals surface area contributed by atoms with Crippen molar-refractivity contribution in [3.8, 4) is 0 Å². The fourth-order valence-electron chi connectivity index (χ4n) is 2.80. The van der Waals surface area contributed by atoms with E-state index in [4.69, 9.17) is 0 Å². The molecule has 2 N–H and O–H groups in total. The van der Waals surface area contributed by atoms with Gasteiger partial charge in [-0.15, -0.1) is 0 Å². The van der Waals surface area contributed by atoms with E-state index >= 15 is 0 Å². The molecular formula is C16H25N3O. The highest BCUT2D eigenvalue weighted by Gasteiger charge is 2.27. The molecular weight excluding hydrogens is 250 g/mol. The summed E-state index contributed by atoms with van der Waals surface area (Å²) in [7, 11) is 0. The number of hydrogen-bond donors (Lipinski definition) is 2. The van der Waals surface area contributed by atoms with Gasteiger partial charge in [-0.1, -0.05) is 26.2 Å². The van der Waals surface area contributed by atoms with Crippen LogP contribution in [0.4, 0.5) is 5.69 Å². The van der Waals surface area contributed by atoms with E-state index in [0.717, 1.165) is 18.8 Å². The van der Waals surface area contributed by atoms with Crippen molar-refractivity contribution in [2.75, 3.05) is 18.4 Å². The highest BCUT2D eigenvalue weighted by atomic mass is 16.1. The number of anilines is 1. The Bertz CT molecular complexity index is 436. The summed E-state index contributed by atoms with van der Waals surface area (Å²) in [5.74, 6) is -0.0696. The van der Waals surface area contributed by atoms with Crippen molar-refractivity contribution in [2.24, 2.45) is 5.41 Å². The zero-order valence-electron chi connectivity index (χ0n) is 12.5. The van der Waals surface area contributed by atoms with E-state index in [1.165, 1.54) is 32.1 Å². The molecule has 1 aliphatic rings. The Morgan fingerprint density at radius 3 is 2.65 bits per heavy atom. The SMILES string of the molecule is CCNc1ccc(C(=O)NCC2(C)CCCCC2)nc1. The van der Waals surface area contributed by atoms with Crippen LogP contribution in [0.5, 0.6) is 0 Å². The molecule has 0 radical (unpaired) electrons. The summed E-state index contributed by atoms with van der Waals surface area (Å²) < 4.78 is 0. The summed E-state index contributed by atoms with van der Waals surface area (Å²) in [6.07, 6.45) is 8.02. The molecule has 0 bridgehead atoms. The number of carbonyl (C=O) groups excluding carboxylic acids is 1. The van der Waals surface area contributed by atoms with Gasteiger partial charge in [-0.05, 0) is 37.3 Å². The third-order valence-corrected chi connectivity index (χ3v) is 4.11. The van der Waals surface area contributed by atoms with Crippen molar-refractivity contribution in [1.29, 1.82) is 0 Å². The van der Waals surface area contributed by atoms with E-state index in [1.807, 2.05) is 13.0 Å². The van der Waals surface area contributed by atoms with Crippen LogP contribution in [0.25, 0.3) is 0 Å². The predicted molar refractivity (Wildman–Crippen MR) is 81.9 cm³/mol. The summed E-state index contributed by atoms with van der Waals surface area (Å²) in [4.78, 5) is 16.3. The Morgan fingerprint density at radius 2 is 2.05 bits per heavy atom. The molecule has 0 spiro atoms. The Morgan fingerprint density at radius 1 is 1.30 bits per heavy atom. The van der Waals surface area contributed by atoms with E-state index in [9.17, 15) is 4.79 Å². The Labute approximate surface area is 121 Å². The molecule has 0 aliphatic heterocycles. The number of carbonyl (C=O) groups is 1. The van der Waals surface area contributed by atoms with Crippen molar-refractivity contribution in [1.82, 2.24) is 10.3 Å². The molecule has 20 heavy (non-hydrogen) atoms. The van der Waals surface area contributed by atoms with Crippen LogP contribution in [-0.2, 0) is 0 Å². The Balaban J connectivity index is 1.87. The van der Waals surface area contributed by atoms with Gasteiger partial charge in [0.1, 0.15) is 5.69 Å². The van der Waals surface area contributed by atoms with Crippen LogP contribution in [0.15, 0.2) is 18.3 Å². The van der Waals surface area contributed by atoms with Gasteiger partial charge in [0.05, 0.1) is 11.9 Å². The molecule has 4 heteroatoms. The zero-order valence-corrected chi connectivity index (χ0v) is 12.5. The molecule has 1 saturated carbocycles. The van der Waals surface area contributed by atoms with E-state index in [0.29, 0.717) is 5.69 Å². The zero-order chi connectivity index (χ0) is 14.4. The van der Waals surface area contributed by atoms with Crippen molar-refractivity contribution in [3.05, 3.63) is 24.0 Å². The quantitative estimate of drug-likeness (QED) is 0.867. The molecule has 110 valence electrons. The van der Waals surface area contributed by atoms with Crippen LogP contribution in [0.3, 0.4) is 0 Å².